The first kappa shape index (κ1) is 17.3. The van der Waals surface area contributed by atoms with Crippen molar-refractivity contribution in [2.75, 3.05) is 19.0 Å². The standard InChI is InChI=1S/C18H22ClN3O/c1-22(2)17-11-8-15(12-20-17)13-21-18(23)5-3-4-14-6-9-16(19)10-7-14/h6-12H,3-5,13H2,1-2H3,(H,21,23). The monoisotopic (exact) mass is 331 g/mol. The SMILES string of the molecule is CN(C)c1ccc(CNC(=O)CCCc2ccc(Cl)cc2)cn1. The number of hydrogen-bond donors (Lipinski definition) is 1. The lowest BCUT2D eigenvalue weighted by atomic mass is 10.1. The minimum Gasteiger partial charge on any atom is -0.363 e. The Morgan fingerprint density at radius 1 is 1.13 bits per heavy atom. The van der Waals surface area contributed by atoms with Gasteiger partial charge in [0.2, 0.25) is 5.91 Å². The van der Waals surface area contributed by atoms with Crippen LogP contribution in [-0.2, 0) is 17.8 Å². The molecule has 2 rings (SSSR count). The number of pyridine rings is 1. The highest BCUT2D eigenvalue weighted by Crippen LogP contribution is 2.12. The number of aromatic nitrogens is 1. The van der Waals surface area contributed by atoms with Crippen molar-refractivity contribution in [1.29, 1.82) is 0 Å². The van der Waals surface area contributed by atoms with Crippen LogP contribution in [0, 0.1) is 0 Å². The number of benzene rings is 1. The van der Waals surface area contributed by atoms with E-state index < -0.39 is 0 Å². The van der Waals surface area contributed by atoms with Gasteiger partial charge in [0.1, 0.15) is 5.82 Å². The molecule has 122 valence electrons. The summed E-state index contributed by atoms with van der Waals surface area (Å²) in [7, 11) is 3.90. The fraction of sp³-hybridized carbons (Fsp3) is 0.333. The van der Waals surface area contributed by atoms with Crippen LogP contribution >= 0.6 is 11.6 Å². The van der Waals surface area contributed by atoms with E-state index in [-0.39, 0.29) is 5.91 Å². The highest BCUT2D eigenvalue weighted by Gasteiger charge is 2.03. The molecule has 0 saturated carbocycles. The minimum atomic E-state index is 0.0654. The van der Waals surface area contributed by atoms with Gasteiger partial charge in [-0.15, -0.1) is 0 Å². The van der Waals surface area contributed by atoms with E-state index in [1.54, 1.807) is 6.20 Å². The highest BCUT2D eigenvalue weighted by atomic mass is 35.5. The lowest BCUT2D eigenvalue weighted by Gasteiger charge is -2.11. The van der Waals surface area contributed by atoms with Crippen LogP contribution in [0.25, 0.3) is 0 Å². The average Bonchev–Trinajstić information content (AvgIpc) is 2.55. The van der Waals surface area contributed by atoms with Gasteiger partial charge >= 0.3 is 0 Å². The summed E-state index contributed by atoms with van der Waals surface area (Å²) in [6.45, 7) is 0.514. The summed E-state index contributed by atoms with van der Waals surface area (Å²) in [5.41, 5.74) is 2.20. The Labute approximate surface area is 142 Å². The van der Waals surface area contributed by atoms with E-state index in [4.69, 9.17) is 11.6 Å². The van der Waals surface area contributed by atoms with Crippen molar-refractivity contribution in [3.8, 4) is 0 Å². The molecule has 5 heteroatoms. The number of rotatable bonds is 7. The van der Waals surface area contributed by atoms with Gasteiger partial charge in [-0.2, -0.15) is 0 Å². The molecule has 0 bridgehead atoms. The van der Waals surface area contributed by atoms with Crippen molar-refractivity contribution >= 4 is 23.3 Å². The first-order valence-corrected chi connectivity index (χ1v) is 8.06. The van der Waals surface area contributed by atoms with Crippen molar-refractivity contribution in [1.82, 2.24) is 10.3 Å². The number of anilines is 1. The largest absolute Gasteiger partial charge is 0.363 e. The van der Waals surface area contributed by atoms with Gasteiger partial charge < -0.3 is 10.2 Å². The van der Waals surface area contributed by atoms with Crippen LogP contribution in [0.1, 0.15) is 24.0 Å². The fourth-order valence-corrected chi connectivity index (χ4v) is 2.30. The van der Waals surface area contributed by atoms with Crippen LogP contribution in [0.4, 0.5) is 5.82 Å². The molecule has 0 aliphatic carbocycles. The average molecular weight is 332 g/mol. The Morgan fingerprint density at radius 3 is 2.43 bits per heavy atom. The maximum atomic E-state index is 11.9. The molecule has 1 N–H and O–H groups in total. The molecule has 1 aromatic carbocycles. The molecule has 0 spiro atoms. The van der Waals surface area contributed by atoms with Crippen LogP contribution < -0.4 is 10.2 Å². The number of hydrogen-bond acceptors (Lipinski definition) is 3. The van der Waals surface area contributed by atoms with Gasteiger partial charge in [-0.25, -0.2) is 4.98 Å². The first-order chi connectivity index (χ1) is 11.0. The molecule has 1 aromatic heterocycles. The molecule has 0 fully saturated rings. The van der Waals surface area contributed by atoms with Crippen molar-refractivity contribution in [2.24, 2.45) is 0 Å². The Hall–Kier alpha value is -2.07. The zero-order chi connectivity index (χ0) is 16.7. The van der Waals surface area contributed by atoms with Crippen molar-refractivity contribution in [3.05, 3.63) is 58.7 Å². The number of nitrogens with one attached hydrogen (secondary N) is 1. The molecule has 1 amide bonds. The normalized spacial score (nSPS) is 10.4. The Bertz CT molecular complexity index is 624. The number of aryl methyl sites for hydroxylation is 1. The second kappa shape index (κ2) is 8.53. The summed E-state index contributed by atoms with van der Waals surface area (Å²) >= 11 is 5.85. The van der Waals surface area contributed by atoms with Gasteiger partial charge in [0, 0.05) is 38.3 Å². The first-order valence-electron chi connectivity index (χ1n) is 7.68. The summed E-state index contributed by atoms with van der Waals surface area (Å²) in [4.78, 5) is 18.1. The van der Waals surface area contributed by atoms with Gasteiger partial charge in [0.05, 0.1) is 0 Å². The molecule has 2 aromatic rings. The van der Waals surface area contributed by atoms with Crippen molar-refractivity contribution < 1.29 is 4.79 Å². The van der Waals surface area contributed by atoms with E-state index in [1.165, 1.54) is 5.56 Å². The third-order valence-electron chi connectivity index (χ3n) is 3.54. The van der Waals surface area contributed by atoms with E-state index in [2.05, 4.69) is 10.3 Å². The number of carbonyl (C=O) groups excluding carboxylic acids is 1. The summed E-state index contributed by atoms with van der Waals surface area (Å²) in [5.74, 6) is 0.971. The highest BCUT2D eigenvalue weighted by molar-refractivity contribution is 6.30. The molecule has 0 aliphatic heterocycles. The zero-order valence-electron chi connectivity index (χ0n) is 13.6. The number of nitrogens with zero attached hydrogens (tertiary/aromatic N) is 2. The molecule has 1 heterocycles. The maximum Gasteiger partial charge on any atom is 0.220 e. The summed E-state index contributed by atoms with van der Waals surface area (Å²) in [6, 6.07) is 11.7. The second-order valence-corrected chi connectivity index (χ2v) is 6.11. The zero-order valence-corrected chi connectivity index (χ0v) is 14.3. The van der Waals surface area contributed by atoms with Crippen LogP contribution in [-0.4, -0.2) is 25.0 Å². The predicted octanol–water partition coefficient (Wildman–Crippen LogP) is 3.44. The van der Waals surface area contributed by atoms with Gasteiger partial charge in [0.25, 0.3) is 0 Å². The third-order valence-corrected chi connectivity index (χ3v) is 3.79. The summed E-state index contributed by atoms with van der Waals surface area (Å²) in [6.07, 6.45) is 4.02. The van der Waals surface area contributed by atoms with Crippen LogP contribution in [0.15, 0.2) is 42.6 Å². The number of halogens is 1. The van der Waals surface area contributed by atoms with E-state index >= 15 is 0 Å². The lowest BCUT2D eigenvalue weighted by Crippen LogP contribution is -2.22. The fourth-order valence-electron chi connectivity index (χ4n) is 2.18. The van der Waals surface area contributed by atoms with E-state index in [9.17, 15) is 4.79 Å². The summed E-state index contributed by atoms with van der Waals surface area (Å²) in [5, 5.41) is 3.67. The van der Waals surface area contributed by atoms with Crippen LogP contribution in [0.2, 0.25) is 5.02 Å². The van der Waals surface area contributed by atoms with E-state index in [0.717, 1.165) is 29.2 Å². The smallest absolute Gasteiger partial charge is 0.220 e. The molecule has 0 radical (unpaired) electrons. The summed E-state index contributed by atoms with van der Waals surface area (Å²) < 4.78 is 0. The van der Waals surface area contributed by atoms with E-state index in [0.29, 0.717) is 13.0 Å². The third kappa shape index (κ3) is 5.91. The molecular weight excluding hydrogens is 310 g/mol. The van der Waals surface area contributed by atoms with Crippen LogP contribution in [0.5, 0.6) is 0 Å². The molecule has 0 saturated heterocycles. The minimum absolute atomic E-state index is 0.0654. The molecule has 4 nitrogen and oxygen atoms in total. The number of carbonyl (C=O) groups is 1. The molecule has 0 unspecified atom stereocenters. The van der Waals surface area contributed by atoms with E-state index in [1.807, 2.05) is 55.4 Å². The predicted molar refractivity (Wildman–Crippen MR) is 94.8 cm³/mol. The maximum absolute atomic E-state index is 11.9. The van der Waals surface area contributed by atoms with Gasteiger partial charge in [-0.3, -0.25) is 4.79 Å². The van der Waals surface area contributed by atoms with Crippen molar-refractivity contribution in [3.63, 3.8) is 0 Å². The van der Waals surface area contributed by atoms with Crippen LogP contribution in [0.3, 0.4) is 0 Å². The Morgan fingerprint density at radius 2 is 1.83 bits per heavy atom. The van der Waals surface area contributed by atoms with Crippen molar-refractivity contribution in [2.45, 2.75) is 25.8 Å². The van der Waals surface area contributed by atoms with Gasteiger partial charge in [-0.1, -0.05) is 29.8 Å². The molecule has 23 heavy (non-hydrogen) atoms. The second-order valence-electron chi connectivity index (χ2n) is 5.68. The topological polar surface area (TPSA) is 45.2 Å². The number of amides is 1. The lowest BCUT2D eigenvalue weighted by molar-refractivity contribution is -0.121. The molecule has 0 aliphatic rings. The van der Waals surface area contributed by atoms with Gasteiger partial charge in [-0.05, 0) is 42.2 Å². The molecular formula is C18H22ClN3O. The Kier molecular flexibility index (Phi) is 6.41. The quantitative estimate of drug-likeness (QED) is 0.845. The molecule has 0 atom stereocenters. The Balaban J connectivity index is 1.69. The van der Waals surface area contributed by atoms with Gasteiger partial charge in [0.15, 0.2) is 0 Å².